The SMILES string of the molecule is [N-]=[N+]=NCC=Cc1cc(F)cc(CO)c1. The molecule has 0 aromatic heterocycles. The third kappa shape index (κ3) is 3.81. The second kappa shape index (κ2) is 5.80. The molecule has 0 aliphatic rings. The highest BCUT2D eigenvalue weighted by molar-refractivity contribution is 5.50. The Morgan fingerprint density at radius 2 is 2.27 bits per heavy atom. The number of halogens is 1. The van der Waals surface area contributed by atoms with Gasteiger partial charge < -0.3 is 5.11 Å². The van der Waals surface area contributed by atoms with Crippen LogP contribution in [0.3, 0.4) is 0 Å². The van der Waals surface area contributed by atoms with Crippen molar-refractivity contribution < 1.29 is 9.50 Å². The van der Waals surface area contributed by atoms with Crippen molar-refractivity contribution in [3.8, 4) is 0 Å². The minimum atomic E-state index is -0.398. The fourth-order valence-electron chi connectivity index (χ4n) is 1.14. The zero-order chi connectivity index (χ0) is 11.1. The molecular formula is C10H10FN3O. The molecule has 0 radical (unpaired) electrons. The lowest BCUT2D eigenvalue weighted by Crippen LogP contribution is -1.87. The second-order valence-electron chi connectivity index (χ2n) is 2.87. The molecule has 4 nitrogen and oxygen atoms in total. The van der Waals surface area contributed by atoms with Gasteiger partial charge in [0.15, 0.2) is 0 Å². The summed E-state index contributed by atoms with van der Waals surface area (Å²) < 4.78 is 13.0. The summed E-state index contributed by atoms with van der Waals surface area (Å²) >= 11 is 0. The van der Waals surface area contributed by atoms with Gasteiger partial charge in [-0.05, 0) is 34.9 Å². The van der Waals surface area contributed by atoms with Crippen LogP contribution in [0, 0.1) is 5.82 Å². The van der Waals surface area contributed by atoms with E-state index >= 15 is 0 Å². The van der Waals surface area contributed by atoms with Gasteiger partial charge in [-0.15, -0.1) is 0 Å². The largest absolute Gasteiger partial charge is 0.392 e. The van der Waals surface area contributed by atoms with Gasteiger partial charge in [-0.1, -0.05) is 17.3 Å². The van der Waals surface area contributed by atoms with E-state index in [4.69, 9.17) is 10.6 Å². The first kappa shape index (κ1) is 11.2. The molecule has 0 heterocycles. The summed E-state index contributed by atoms with van der Waals surface area (Å²) in [6.07, 6.45) is 3.26. The first-order valence-corrected chi connectivity index (χ1v) is 4.34. The Balaban J connectivity index is 2.80. The molecule has 1 aromatic carbocycles. The summed E-state index contributed by atoms with van der Waals surface area (Å²) in [6.45, 7) is 0.0242. The van der Waals surface area contributed by atoms with E-state index in [-0.39, 0.29) is 13.2 Å². The number of rotatable bonds is 4. The van der Waals surface area contributed by atoms with Crippen LogP contribution in [0.2, 0.25) is 0 Å². The predicted octanol–water partition coefficient (Wildman–Crippen LogP) is 2.64. The molecule has 0 amide bonds. The van der Waals surface area contributed by atoms with Crippen LogP contribution in [0.25, 0.3) is 16.5 Å². The van der Waals surface area contributed by atoms with Gasteiger partial charge in [0.05, 0.1) is 6.61 Å². The van der Waals surface area contributed by atoms with Gasteiger partial charge >= 0.3 is 0 Å². The van der Waals surface area contributed by atoms with Gasteiger partial charge in [-0.2, -0.15) is 0 Å². The van der Waals surface area contributed by atoms with Gasteiger partial charge in [-0.3, -0.25) is 0 Å². The third-order valence-electron chi connectivity index (χ3n) is 1.72. The normalized spacial score (nSPS) is 10.3. The Morgan fingerprint density at radius 1 is 1.47 bits per heavy atom. The molecule has 0 bridgehead atoms. The second-order valence-corrected chi connectivity index (χ2v) is 2.87. The molecule has 0 atom stereocenters. The van der Waals surface area contributed by atoms with Crippen molar-refractivity contribution in [2.75, 3.05) is 6.54 Å². The lowest BCUT2D eigenvalue weighted by Gasteiger charge is -1.99. The van der Waals surface area contributed by atoms with E-state index in [2.05, 4.69) is 10.0 Å². The average Bonchev–Trinajstić information content (AvgIpc) is 2.23. The number of hydrogen-bond donors (Lipinski definition) is 1. The van der Waals surface area contributed by atoms with Crippen LogP contribution < -0.4 is 0 Å². The van der Waals surface area contributed by atoms with Crippen LogP contribution in [0.15, 0.2) is 29.4 Å². The Bertz CT molecular complexity index is 411. The van der Waals surface area contributed by atoms with E-state index in [1.54, 1.807) is 18.2 Å². The molecule has 1 aromatic rings. The Labute approximate surface area is 86.3 Å². The van der Waals surface area contributed by atoms with E-state index in [0.717, 1.165) is 0 Å². The summed E-state index contributed by atoms with van der Waals surface area (Å²) in [7, 11) is 0. The van der Waals surface area contributed by atoms with Crippen LogP contribution in [-0.2, 0) is 6.61 Å². The van der Waals surface area contributed by atoms with Crippen LogP contribution in [-0.4, -0.2) is 11.7 Å². The standard InChI is InChI=1S/C10H10FN3O/c11-10-5-8(2-1-3-13-14-12)4-9(6-10)7-15/h1-2,4-6,15H,3,7H2. The summed E-state index contributed by atoms with van der Waals surface area (Å²) in [4.78, 5) is 2.58. The number of aliphatic hydroxyl groups is 1. The van der Waals surface area contributed by atoms with Crippen LogP contribution in [0.1, 0.15) is 11.1 Å². The average molecular weight is 207 g/mol. The smallest absolute Gasteiger partial charge is 0.124 e. The van der Waals surface area contributed by atoms with Crippen LogP contribution in [0.5, 0.6) is 0 Å². The fraction of sp³-hybridized carbons (Fsp3) is 0.200. The van der Waals surface area contributed by atoms with Gasteiger partial charge in [0.2, 0.25) is 0 Å². The van der Waals surface area contributed by atoms with Crippen LogP contribution >= 0.6 is 0 Å². The zero-order valence-corrected chi connectivity index (χ0v) is 7.97. The molecule has 5 heteroatoms. The van der Waals surface area contributed by atoms with E-state index < -0.39 is 5.82 Å². The number of hydrogen-bond acceptors (Lipinski definition) is 2. The molecule has 0 spiro atoms. The molecule has 0 unspecified atom stereocenters. The minimum Gasteiger partial charge on any atom is -0.392 e. The quantitative estimate of drug-likeness (QED) is 0.460. The maximum absolute atomic E-state index is 13.0. The highest BCUT2D eigenvalue weighted by Gasteiger charge is 1.96. The van der Waals surface area contributed by atoms with Gasteiger partial charge in [0, 0.05) is 11.5 Å². The van der Waals surface area contributed by atoms with Crippen molar-refractivity contribution in [2.24, 2.45) is 5.11 Å². The molecule has 0 saturated heterocycles. The molecule has 0 fully saturated rings. The Hall–Kier alpha value is -1.84. The van der Waals surface area contributed by atoms with Crippen molar-refractivity contribution in [3.63, 3.8) is 0 Å². The van der Waals surface area contributed by atoms with Crippen molar-refractivity contribution in [2.45, 2.75) is 6.61 Å². The molecule has 0 aliphatic carbocycles. The van der Waals surface area contributed by atoms with Gasteiger partial charge in [0.25, 0.3) is 0 Å². The molecule has 0 saturated carbocycles. The predicted molar refractivity (Wildman–Crippen MR) is 55.4 cm³/mol. The molecule has 15 heavy (non-hydrogen) atoms. The van der Waals surface area contributed by atoms with Crippen molar-refractivity contribution >= 4 is 6.08 Å². The van der Waals surface area contributed by atoms with E-state index in [0.29, 0.717) is 11.1 Å². The highest BCUT2D eigenvalue weighted by Crippen LogP contribution is 2.10. The lowest BCUT2D eigenvalue weighted by atomic mass is 10.1. The van der Waals surface area contributed by atoms with Gasteiger partial charge in [0.1, 0.15) is 5.82 Å². The topological polar surface area (TPSA) is 69.0 Å². The van der Waals surface area contributed by atoms with Gasteiger partial charge in [-0.25, -0.2) is 4.39 Å². The molecular weight excluding hydrogens is 197 g/mol. The summed E-state index contributed by atoms with van der Waals surface area (Å²) in [5, 5.41) is 12.1. The monoisotopic (exact) mass is 207 g/mol. The molecule has 78 valence electrons. The number of benzene rings is 1. The summed E-state index contributed by atoms with van der Waals surface area (Å²) in [5.74, 6) is -0.398. The molecule has 1 N–H and O–H groups in total. The maximum Gasteiger partial charge on any atom is 0.124 e. The van der Waals surface area contributed by atoms with Crippen molar-refractivity contribution in [1.82, 2.24) is 0 Å². The maximum atomic E-state index is 13.0. The number of aliphatic hydroxyl groups excluding tert-OH is 1. The van der Waals surface area contributed by atoms with Crippen molar-refractivity contribution in [1.29, 1.82) is 0 Å². The third-order valence-corrected chi connectivity index (χ3v) is 1.72. The first-order chi connectivity index (χ1) is 7.26. The van der Waals surface area contributed by atoms with Crippen LogP contribution in [0.4, 0.5) is 4.39 Å². The van der Waals surface area contributed by atoms with E-state index in [1.807, 2.05) is 0 Å². The lowest BCUT2D eigenvalue weighted by molar-refractivity contribution is 0.281. The fourth-order valence-corrected chi connectivity index (χ4v) is 1.14. The van der Waals surface area contributed by atoms with E-state index in [9.17, 15) is 4.39 Å². The number of nitrogens with zero attached hydrogens (tertiary/aromatic N) is 3. The van der Waals surface area contributed by atoms with E-state index in [1.165, 1.54) is 12.1 Å². The minimum absolute atomic E-state index is 0.199. The first-order valence-electron chi connectivity index (χ1n) is 4.34. The zero-order valence-electron chi connectivity index (χ0n) is 7.97. The Kier molecular flexibility index (Phi) is 4.34. The Morgan fingerprint density at radius 3 is 2.93 bits per heavy atom. The molecule has 0 aliphatic heterocycles. The van der Waals surface area contributed by atoms with Crippen molar-refractivity contribution in [3.05, 3.63) is 51.7 Å². The number of azide groups is 1. The summed E-state index contributed by atoms with van der Waals surface area (Å²) in [6, 6.07) is 4.27. The molecule has 1 rings (SSSR count). The highest BCUT2D eigenvalue weighted by atomic mass is 19.1. The summed E-state index contributed by atoms with van der Waals surface area (Å²) in [5.41, 5.74) is 9.17.